The fraction of sp³-hybridized carbons (Fsp3) is 0.208. The fourth-order valence-corrected chi connectivity index (χ4v) is 3.42. The Morgan fingerprint density at radius 1 is 0.886 bits per heavy atom. The summed E-state index contributed by atoms with van der Waals surface area (Å²) in [6, 6.07) is 11.0. The molecular formula is C24H18F6N4O. The summed E-state index contributed by atoms with van der Waals surface area (Å²) in [5.74, 6) is 0.524. The van der Waals surface area contributed by atoms with E-state index >= 15 is 0 Å². The number of hydrogen-bond donors (Lipinski definition) is 1. The molecule has 182 valence electrons. The van der Waals surface area contributed by atoms with Crippen LogP contribution < -0.4 is 5.32 Å². The van der Waals surface area contributed by atoms with Crippen LogP contribution in [0.2, 0.25) is 0 Å². The van der Waals surface area contributed by atoms with Gasteiger partial charge in [-0.25, -0.2) is 9.97 Å². The van der Waals surface area contributed by atoms with E-state index in [2.05, 4.69) is 20.3 Å². The number of pyridine rings is 1. The molecule has 0 spiro atoms. The van der Waals surface area contributed by atoms with Crippen LogP contribution in [0.3, 0.4) is 0 Å². The number of rotatable bonds is 6. The summed E-state index contributed by atoms with van der Waals surface area (Å²) < 4.78 is 84.5. The summed E-state index contributed by atoms with van der Waals surface area (Å²) in [6.45, 7) is 2.20. The standard InChI is InChI=1S/C24H18F6N4O/c1-2-35-13-20-33-19-12-14(21-18(24(28,29)30)4-3-11-31-21)5-10-17(19)22(34-20)32-16-8-6-15(7-9-16)23(25,26)27/h3-12H,2,13H2,1H3,(H,32,33,34). The number of nitrogens with one attached hydrogen (secondary N) is 1. The lowest BCUT2D eigenvalue weighted by molar-refractivity contribution is -0.138. The van der Waals surface area contributed by atoms with Crippen molar-refractivity contribution in [1.82, 2.24) is 15.0 Å². The van der Waals surface area contributed by atoms with Gasteiger partial charge in [-0.05, 0) is 55.5 Å². The molecule has 4 rings (SSSR count). The highest BCUT2D eigenvalue weighted by Gasteiger charge is 2.34. The van der Waals surface area contributed by atoms with Gasteiger partial charge in [-0.3, -0.25) is 4.98 Å². The van der Waals surface area contributed by atoms with Crippen molar-refractivity contribution in [3.63, 3.8) is 0 Å². The van der Waals surface area contributed by atoms with Gasteiger partial charge in [0.15, 0.2) is 5.82 Å². The second kappa shape index (κ2) is 9.49. The highest BCUT2D eigenvalue weighted by atomic mass is 19.4. The number of halogens is 6. The minimum atomic E-state index is -4.60. The van der Waals surface area contributed by atoms with Gasteiger partial charge in [0.1, 0.15) is 12.4 Å². The Morgan fingerprint density at radius 3 is 2.29 bits per heavy atom. The maximum Gasteiger partial charge on any atom is 0.418 e. The molecule has 1 N–H and O–H groups in total. The number of alkyl halides is 6. The molecule has 0 aliphatic rings. The maximum absolute atomic E-state index is 13.5. The molecule has 0 bridgehead atoms. The lowest BCUT2D eigenvalue weighted by atomic mass is 10.0. The third kappa shape index (κ3) is 5.51. The van der Waals surface area contributed by atoms with Gasteiger partial charge in [-0.15, -0.1) is 0 Å². The molecular weight excluding hydrogens is 474 g/mol. The van der Waals surface area contributed by atoms with Gasteiger partial charge in [-0.2, -0.15) is 26.3 Å². The first-order chi connectivity index (χ1) is 16.6. The van der Waals surface area contributed by atoms with Crippen LogP contribution >= 0.6 is 0 Å². The van der Waals surface area contributed by atoms with Crippen LogP contribution in [0.4, 0.5) is 37.8 Å². The van der Waals surface area contributed by atoms with E-state index in [1.165, 1.54) is 42.6 Å². The summed E-state index contributed by atoms with van der Waals surface area (Å²) in [7, 11) is 0. The molecule has 0 radical (unpaired) electrons. The predicted octanol–water partition coefficient (Wildman–Crippen LogP) is 7.01. The summed E-state index contributed by atoms with van der Waals surface area (Å²) in [5.41, 5.74) is -1.07. The average molecular weight is 492 g/mol. The van der Waals surface area contributed by atoms with Gasteiger partial charge in [0.05, 0.1) is 22.3 Å². The molecule has 0 amide bonds. The number of benzene rings is 2. The van der Waals surface area contributed by atoms with Crippen molar-refractivity contribution in [2.24, 2.45) is 0 Å². The molecule has 11 heteroatoms. The van der Waals surface area contributed by atoms with E-state index in [1.807, 2.05) is 0 Å². The summed E-state index contributed by atoms with van der Waals surface area (Å²) in [6.07, 6.45) is -7.80. The van der Waals surface area contributed by atoms with E-state index in [-0.39, 0.29) is 29.5 Å². The minimum absolute atomic E-state index is 0.0374. The van der Waals surface area contributed by atoms with Gasteiger partial charge >= 0.3 is 12.4 Å². The van der Waals surface area contributed by atoms with Crippen molar-refractivity contribution in [3.8, 4) is 11.3 Å². The lowest BCUT2D eigenvalue weighted by Gasteiger charge is -2.14. The minimum Gasteiger partial charge on any atom is -0.374 e. The zero-order chi connectivity index (χ0) is 25.2. The first-order valence-corrected chi connectivity index (χ1v) is 10.4. The lowest BCUT2D eigenvalue weighted by Crippen LogP contribution is -2.08. The Balaban J connectivity index is 1.78. The Kier molecular flexibility index (Phi) is 6.62. The highest BCUT2D eigenvalue weighted by Crippen LogP contribution is 2.37. The zero-order valence-electron chi connectivity index (χ0n) is 18.2. The molecule has 0 saturated carbocycles. The van der Waals surface area contributed by atoms with Crippen LogP contribution in [0.15, 0.2) is 60.8 Å². The monoisotopic (exact) mass is 492 g/mol. The van der Waals surface area contributed by atoms with E-state index < -0.39 is 23.5 Å². The van der Waals surface area contributed by atoms with E-state index in [0.717, 1.165) is 18.2 Å². The third-order valence-corrected chi connectivity index (χ3v) is 5.04. The number of aromatic nitrogens is 3. The largest absolute Gasteiger partial charge is 0.418 e. The van der Waals surface area contributed by atoms with Crippen molar-refractivity contribution in [2.75, 3.05) is 11.9 Å². The quantitative estimate of drug-likeness (QED) is 0.294. The third-order valence-electron chi connectivity index (χ3n) is 5.04. The van der Waals surface area contributed by atoms with Crippen LogP contribution in [-0.2, 0) is 23.7 Å². The Bertz CT molecular complexity index is 1340. The number of hydrogen-bond acceptors (Lipinski definition) is 5. The Morgan fingerprint density at radius 2 is 1.63 bits per heavy atom. The molecule has 35 heavy (non-hydrogen) atoms. The van der Waals surface area contributed by atoms with Crippen molar-refractivity contribution in [1.29, 1.82) is 0 Å². The van der Waals surface area contributed by atoms with Crippen LogP contribution in [0.5, 0.6) is 0 Å². The second-order valence-electron chi connectivity index (χ2n) is 7.45. The predicted molar refractivity (Wildman–Crippen MR) is 118 cm³/mol. The van der Waals surface area contributed by atoms with E-state index in [1.54, 1.807) is 6.92 Å². The normalized spacial score (nSPS) is 12.2. The van der Waals surface area contributed by atoms with Gasteiger partial charge < -0.3 is 10.1 Å². The van der Waals surface area contributed by atoms with Crippen LogP contribution in [-0.4, -0.2) is 21.6 Å². The highest BCUT2D eigenvalue weighted by molar-refractivity contribution is 5.93. The van der Waals surface area contributed by atoms with Crippen molar-refractivity contribution < 1.29 is 31.1 Å². The van der Waals surface area contributed by atoms with Gasteiger partial charge in [0.2, 0.25) is 0 Å². The van der Waals surface area contributed by atoms with Crippen molar-refractivity contribution in [2.45, 2.75) is 25.9 Å². The van der Waals surface area contributed by atoms with Gasteiger partial charge in [0.25, 0.3) is 0 Å². The van der Waals surface area contributed by atoms with E-state index in [9.17, 15) is 26.3 Å². The number of nitrogens with zero attached hydrogens (tertiary/aromatic N) is 3. The first kappa shape index (κ1) is 24.4. The van der Waals surface area contributed by atoms with Crippen LogP contribution in [0, 0.1) is 0 Å². The number of fused-ring (bicyclic) bond motifs is 1. The molecule has 2 aromatic carbocycles. The molecule has 0 aliphatic heterocycles. The van der Waals surface area contributed by atoms with Gasteiger partial charge in [-0.1, -0.05) is 6.07 Å². The molecule has 0 aliphatic carbocycles. The molecule has 2 heterocycles. The first-order valence-electron chi connectivity index (χ1n) is 10.4. The molecule has 0 saturated heterocycles. The summed E-state index contributed by atoms with van der Waals surface area (Å²) in [5, 5.41) is 3.42. The van der Waals surface area contributed by atoms with Gasteiger partial charge in [0, 0.05) is 29.4 Å². The van der Waals surface area contributed by atoms with Crippen molar-refractivity contribution in [3.05, 3.63) is 77.7 Å². The summed E-state index contributed by atoms with van der Waals surface area (Å²) >= 11 is 0. The SMILES string of the molecule is CCOCc1nc(Nc2ccc(C(F)(F)F)cc2)c2ccc(-c3ncccc3C(F)(F)F)cc2n1. The molecule has 0 fully saturated rings. The Hall–Kier alpha value is -3.73. The smallest absolute Gasteiger partial charge is 0.374 e. The summed E-state index contributed by atoms with van der Waals surface area (Å²) in [4.78, 5) is 12.7. The average Bonchev–Trinajstić information content (AvgIpc) is 2.81. The molecule has 2 aromatic heterocycles. The topological polar surface area (TPSA) is 59.9 Å². The maximum atomic E-state index is 13.5. The molecule has 4 aromatic rings. The van der Waals surface area contributed by atoms with Crippen LogP contribution in [0.25, 0.3) is 22.2 Å². The Labute approximate surface area is 195 Å². The van der Waals surface area contributed by atoms with Crippen LogP contribution in [0.1, 0.15) is 23.9 Å². The molecule has 0 atom stereocenters. The number of ether oxygens (including phenoxy) is 1. The second-order valence-corrected chi connectivity index (χ2v) is 7.45. The van der Waals surface area contributed by atoms with E-state index in [4.69, 9.17) is 4.74 Å². The zero-order valence-corrected chi connectivity index (χ0v) is 18.2. The molecule has 0 unspecified atom stereocenters. The fourth-order valence-electron chi connectivity index (χ4n) is 3.42. The van der Waals surface area contributed by atoms with E-state index in [0.29, 0.717) is 23.2 Å². The molecule has 5 nitrogen and oxygen atoms in total. The van der Waals surface area contributed by atoms with Crippen molar-refractivity contribution >= 4 is 22.4 Å². The number of anilines is 2.